The third kappa shape index (κ3) is 5.45. The van der Waals surface area contributed by atoms with Crippen molar-refractivity contribution >= 4 is 12.0 Å². The van der Waals surface area contributed by atoms with Crippen LogP contribution in [-0.4, -0.2) is 44.2 Å². The molecule has 0 fully saturated rings. The molecule has 0 N–H and O–H groups in total. The molecule has 0 saturated heterocycles. The molecule has 0 aliphatic rings. The van der Waals surface area contributed by atoms with Gasteiger partial charge in [-0.05, 0) is 33.0 Å². The first-order chi connectivity index (χ1) is 9.54. The summed E-state index contributed by atoms with van der Waals surface area (Å²) in [6, 6.07) is 7.96. The molecule has 1 aromatic rings. The highest BCUT2D eigenvalue weighted by Crippen LogP contribution is 2.18. The van der Waals surface area contributed by atoms with Crippen LogP contribution >= 0.6 is 0 Å². The quantitative estimate of drug-likeness (QED) is 0.567. The first kappa shape index (κ1) is 16.2. The van der Waals surface area contributed by atoms with Crippen LogP contribution in [0.1, 0.15) is 19.4 Å². The molecule has 0 radical (unpaired) electrons. The third-order valence-electron chi connectivity index (χ3n) is 3.11. The maximum Gasteiger partial charge on any atom is 0.330 e. The number of hydrogen-bond donors (Lipinski definition) is 0. The van der Waals surface area contributed by atoms with Crippen LogP contribution < -0.4 is 4.74 Å². The van der Waals surface area contributed by atoms with Crippen LogP contribution in [0.5, 0.6) is 5.75 Å². The summed E-state index contributed by atoms with van der Waals surface area (Å²) in [5.41, 5.74) is 0.853. The number of esters is 1. The number of para-hydroxylation sites is 1. The van der Waals surface area contributed by atoms with E-state index in [1.807, 2.05) is 31.3 Å². The van der Waals surface area contributed by atoms with E-state index in [4.69, 9.17) is 9.47 Å². The number of nitrogens with zero attached hydrogens (tertiary/aromatic N) is 1. The second kappa shape index (κ2) is 8.38. The minimum atomic E-state index is -0.340. The molecule has 0 bridgehead atoms. The van der Waals surface area contributed by atoms with E-state index in [1.54, 1.807) is 13.2 Å². The van der Waals surface area contributed by atoms with E-state index in [2.05, 4.69) is 18.7 Å². The Morgan fingerprint density at radius 1 is 1.35 bits per heavy atom. The number of ether oxygens (including phenoxy) is 2. The number of rotatable bonds is 7. The minimum absolute atomic E-state index is 0.340. The molecule has 4 nitrogen and oxygen atoms in total. The van der Waals surface area contributed by atoms with Gasteiger partial charge in [-0.2, -0.15) is 0 Å². The molecule has 0 aliphatic heterocycles. The predicted octanol–water partition coefficient (Wildman–Crippen LogP) is 2.59. The van der Waals surface area contributed by atoms with Gasteiger partial charge in [0.2, 0.25) is 0 Å². The van der Waals surface area contributed by atoms with Crippen LogP contribution in [0.25, 0.3) is 6.08 Å². The summed E-state index contributed by atoms with van der Waals surface area (Å²) in [6.45, 7) is 5.32. The van der Waals surface area contributed by atoms with Crippen LogP contribution in [0.2, 0.25) is 0 Å². The Balaban J connectivity index is 2.44. The molecule has 0 atom stereocenters. The van der Waals surface area contributed by atoms with Gasteiger partial charge >= 0.3 is 5.97 Å². The lowest BCUT2D eigenvalue weighted by Crippen LogP contribution is -2.30. The SMILES string of the molecule is COc1ccccc1/C=C/C(=O)OCCN(C)C(C)C. The summed E-state index contributed by atoms with van der Waals surface area (Å²) in [5, 5.41) is 0. The smallest absolute Gasteiger partial charge is 0.330 e. The van der Waals surface area contributed by atoms with Crippen molar-refractivity contribution in [3.63, 3.8) is 0 Å². The number of carbonyl (C=O) groups is 1. The molecule has 0 heterocycles. The fraction of sp³-hybridized carbons (Fsp3) is 0.438. The van der Waals surface area contributed by atoms with E-state index in [0.29, 0.717) is 12.6 Å². The Morgan fingerprint density at radius 2 is 2.05 bits per heavy atom. The van der Waals surface area contributed by atoms with Gasteiger partial charge in [0.05, 0.1) is 7.11 Å². The lowest BCUT2D eigenvalue weighted by Gasteiger charge is -2.20. The Morgan fingerprint density at radius 3 is 2.70 bits per heavy atom. The molecule has 20 heavy (non-hydrogen) atoms. The molecule has 0 unspecified atom stereocenters. The minimum Gasteiger partial charge on any atom is -0.496 e. The summed E-state index contributed by atoms with van der Waals surface area (Å²) in [7, 11) is 3.61. The Labute approximate surface area is 121 Å². The maximum absolute atomic E-state index is 11.6. The van der Waals surface area contributed by atoms with Gasteiger partial charge in [0, 0.05) is 24.2 Å². The van der Waals surface area contributed by atoms with Gasteiger partial charge in [0.1, 0.15) is 12.4 Å². The second-order valence-corrected chi connectivity index (χ2v) is 4.82. The van der Waals surface area contributed by atoms with Gasteiger partial charge in [-0.1, -0.05) is 18.2 Å². The summed E-state index contributed by atoms with van der Waals surface area (Å²) in [4.78, 5) is 13.7. The Kier molecular flexibility index (Phi) is 6.81. The van der Waals surface area contributed by atoms with Crippen molar-refractivity contribution in [2.45, 2.75) is 19.9 Å². The van der Waals surface area contributed by atoms with Crippen molar-refractivity contribution in [2.75, 3.05) is 27.3 Å². The van der Waals surface area contributed by atoms with Gasteiger partial charge in [-0.3, -0.25) is 0 Å². The first-order valence-electron chi connectivity index (χ1n) is 6.72. The largest absolute Gasteiger partial charge is 0.496 e. The molecule has 1 rings (SSSR count). The Hall–Kier alpha value is -1.81. The van der Waals surface area contributed by atoms with E-state index >= 15 is 0 Å². The van der Waals surface area contributed by atoms with Crippen molar-refractivity contribution in [3.8, 4) is 5.75 Å². The molecule has 1 aromatic carbocycles. The van der Waals surface area contributed by atoms with E-state index < -0.39 is 0 Å². The van der Waals surface area contributed by atoms with Crippen molar-refractivity contribution in [1.82, 2.24) is 4.90 Å². The average Bonchev–Trinajstić information content (AvgIpc) is 2.45. The predicted molar refractivity (Wildman–Crippen MR) is 80.8 cm³/mol. The topological polar surface area (TPSA) is 38.8 Å². The van der Waals surface area contributed by atoms with Crippen molar-refractivity contribution < 1.29 is 14.3 Å². The maximum atomic E-state index is 11.6. The third-order valence-corrected chi connectivity index (χ3v) is 3.11. The summed E-state index contributed by atoms with van der Waals surface area (Å²) in [6.07, 6.45) is 3.13. The molecule has 0 aromatic heterocycles. The zero-order chi connectivity index (χ0) is 15.0. The number of carbonyl (C=O) groups excluding carboxylic acids is 1. The number of hydrogen-bond acceptors (Lipinski definition) is 4. The normalized spacial score (nSPS) is 11.3. The molecular weight excluding hydrogens is 254 g/mol. The fourth-order valence-electron chi connectivity index (χ4n) is 1.56. The molecule has 0 spiro atoms. The van der Waals surface area contributed by atoms with Gasteiger partial charge < -0.3 is 14.4 Å². The van der Waals surface area contributed by atoms with Crippen molar-refractivity contribution in [2.24, 2.45) is 0 Å². The van der Waals surface area contributed by atoms with Gasteiger partial charge in [0.15, 0.2) is 0 Å². The van der Waals surface area contributed by atoms with Crippen LogP contribution in [0.4, 0.5) is 0 Å². The molecule has 0 amide bonds. The highest BCUT2D eigenvalue weighted by atomic mass is 16.5. The summed E-state index contributed by atoms with van der Waals surface area (Å²) >= 11 is 0. The fourth-order valence-corrected chi connectivity index (χ4v) is 1.56. The first-order valence-corrected chi connectivity index (χ1v) is 6.72. The van der Waals surface area contributed by atoms with Crippen LogP contribution in [0, 0.1) is 0 Å². The standard InChI is InChI=1S/C16H23NO3/c1-13(2)17(3)11-12-20-16(18)10-9-14-7-5-6-8-15(14)19-4/h5-10,13H,11-12H2,1-4H3/b10-9+. The van der Waals surface area contributed by atoms with Crippen molar-refractivity contribution in [1.29, 1.82) is 0 Å². The highest BCUT2D eigenvalue weighted by molar-refractivity contribution is 5.87. The molecule has 4 heteroatoms. The van der Waals surface area contributed by atoms with E-state index in [9.17, 15) is 4.79 Å². The summed E-state index contributed by atoms with van der Waals surface area (Å²) < 4.78 is 10.4. The zero-order valence-electron chi connectivity index (χ0n) is 12.6. The van der Waals surface area contributed by atoms with Crippen LogP contribution in [0.3, 0.4) is 0 Å². The van der Waals surface area contributed by atoms with Crippen molar-refractivity contribution in [3.05, 3.63) is 35.9 Å². The number of methoxy groups -OCH3 is 1. The van der Waals surface area contributed by atoms with E-state index in [0.717, 1.165) is 17.9 Å². The number of benzene rings is 1. The molecule has 0 saturated carbocycles. The number of likely N-dealkylation sites (N-methyl/N-ethyl adjacent to an activating group) is 1. The highest BCUT2D eigenvalue weighted by Gasteiger charge is 2.04. The van der Waals surface area contributed by atoms with E-state index in [1.165, 1.54) is 6.08 Å². The van der Waals surface area contributed by atoms with Crippen LogP contribution in [-0.2, 0) is 9.53 Å². The average molecular weight is 277 g/mol. The lowest BCUT2D eigenvalue weighted by molar-refractivity contribution is -0.138. The van der Waals surface area contributed by atoms with E-state index in [-0.39, 0.29) is 5.97 Å². The molecule has 110 valence electrons. The van der Waals surface area contributed by atoms with Gasteiger partial charge in [0.25, 0.3) is 0 Å². The van der Waals surface area contributed by atoms with Crippen LogP contribution in [0.15, 0.2) is 30.3 Å². The van der Waals surface area contributed by atoms with Gasteiger partial charge in [-0.25, -0.2) is 4.79 Å². The molecule has 0 aliphatic carbocycles. The molecular formula is C16H23NO3. The monoisotopic (exact) mass is 277 g/mol. The second-order valence-electron chi connectivity index (χ2n) is 4.82. The lowest BCUT2D eigenvalue weighted by atomic mass is 10.2. The summed E-state index contributed by atoms with van der Waals surface area (Å²) in [5.74, 6) is 0.393. The van der Waals surface area contributed by atoms with Gasteiger partial charge in [-0.15, -0.1) is 0 Å². The Bertz CT molecular complexity index is 455. The zero-order valence-corrected chi connectivity index (χ0v) is 12.6.